The van der Waals surface area contributed by atoms with Gasteiger partial charge in [0.05, 0.1) is 5.69 Å². The number of anilines is 1. The summed E-state index contributed by atoms with van der Waals surface area (Å²) < 4.78 is 2.07. The molecule has 0 fully saturated rings. The zero-order chi connectivity index (χ0) is 10.4. The van der Waals surface area contributed by atoms with Crippen molar-refractivity contribution in [1.29, 1.82) is 0 Å². The highest BCUT2D eigenvalue weighted by atomic mass is 32.2. The van der Waals surface area contributed by atoms with Gasteiger partial charge >= 0.3 is 0 Å². The first-order valence-corrected chi connectivity index (χ1v) is 6.04. The average molecular weight is 211 g/mol. The lowest BCUT2D eigenvalue weighted by Crippen LogP contribution is -2.09. The molecule has 0 atom stereocenters. The fourth-order valence-electron chi connectivity index (χ4n) is 1.23. The molecule has 1 rings (SSSR count). The average Bonchev–Trinajstić information content (AvgIpc) is 2.48. The van der Waals surface area contributed by atoms with Crippen molar-refractivity contribution in [3.8, 4) is 0 Å². The number of aryl methyl sites for hydroxylation is 1. The lowest BCUT2D eigenvalue weighted by Gasteiger charge is -2.06. The fraction of sp³-hybridized carbons (Fsp3) is 0.500. The number of nitrogens with zero attached hydrogens (tertiary/aromatic N) is 2. The van der Waals surface area contributed by atoms with E-state index >= 15 is 0 Å². The maximum Gasteiger partial charge on any atom is 0.203 e. The predicted octanol–water partition coefficient (Wildman–Crippen LogP) is 2.15. The maximum absolute atomic E-state index is 4.40. The molecule has 0 unspecified atom stereocenters. The number of allylic oxidation sites excluding steroid dienone is 1. The van der Waals surface area contributed by atoms with Crippen molar-refractivity contribution < 1.29 is 0 Å². The van der Waals surface area contributed by atoms with E-state index in [1.165, 1.54) is 0 Å². The van der Waals surface area contributed by atoms with E-state index < -0.39 is 0 Å². The van der Waals surface area contributed by atoms with Crippen LogP contribution in [0, 0.1) is 6.92 Å². The highest BCUT2D eigenvalue weighted by Crippen LogP contribution is 2.08. The molecule has 1 aromatic rings. The summed E-state index contributed by atoms with van der Waals surface area (Å²) in [5.74, 6) is 2.04. The van der Waals surface area contributed by atoms with Crippen LogP contribution in [0.1, 0.15) is 5.69 Å². The fourth-order valence-corrected chi connectivity index (χ4v) is 1.54. The zero-order valence-electron chi connectivity index (χ0n) is 8.79. The number of thioether (sulfide) groups is 1. The third-order valence-electron chi connectivity index (χ3n) is 1.81. The SMILES string of the molecule is C=CCn1cc(C)nc1NCCSC. The number of rotatable bonds is 6. The van der Waals surface area contributed by atoms with E-state index in [2.05, 4.69) is 27.7 Å². The number of imidazole rings is 1. The van der Waals surface area contributed by atoms with E-state index in [1.807, 2.05) is 31.0 Å². The van der Waals surface area contributed by atoms with Crippen LogP contribution < -0.4 is 5.32 Å². The van der Waals surface area contributed by atoms with Crippen LogP contribution >= 0.6 is 11.8 Å². The summed E-state index contributed by atoms with van der Waals surface area (Å²) >= 11 is 1.83. The highest BCUT2D eigenvalue weighted by molar-refractivity contribution is 7.98. The summed E-state index contributed by atoms with van der Waals surface area (Å²) in [6.07, 6.45) is 6.01. The Morgan fingerprint density at radius 2 is 2.50 bits per heavy atom. The minimum Gasteiger partial charge on any atom is -0.355 e. The molecular weight excluding hydrogens is 194 g/mol. The second-order valence-electron chi connectivity index (χ2n) is 3.07. The van der Waals surface area contributed by atoms with E-state index in [0.717, 1.165) is 30.5 Å². The molecule has 0 aliphatic heterocycles. The molecule has 4 heteroatoms. The predicted molar refractivity (Wildman–Crippen MR) is 64.0 cm³/mol. The van der Waals surface area contributed by atoms with Gasteiger partial charge in [0, 0.05) is 25.0 Å². The van der Waals surface area contributed by atoms with E-state index in [4.69, 9.17) is 0 Å². The summed E-state index contributed by atoms with van der Waals surface area (Å²) in [6.45, 7) is 7.48. The van der Waals surface area contributed by atoms with Gasteiger partial charge in [0.1, 0.15) is 0 Å². The summed E-state index contributed by atoms with van der Waals surface area (Å²) in [7, 11) is 0. The molecule has 14 heavy (non-hydrogen) atoms. The molecule has 0 amide bonds. The normalized spacial score (nSPS) is 10.1. The van der Waals surface area contributed by atoms with Crippen molar-refractivity contribution in [1.82, 2.24) is 9.55 Å². The second kappa shape index (κ2) is 5.75. The van der Waals surface area contributed by atoms with Crippen molar-refractivity contribution >= 4 is 17.7 Å². The van der Waals surface area contributed by atoms with Crippen molar-refractivity contribution in [2.45, 2.75) is 13.5 Å². The van der Waals surface area contributed by atoms with Crippen LogP contribution in [0.15, 0.2) is 18.9 Å². The molecule has 0 aliphatic rings. The van der Waals surface area contributed by atoms with Gasteiger partial charge in [0.15, 0.2) is 0 Å². The molecule has 0 radical (unpaired) electrons. The molecule has 1 aromatic heterocycles. The van der Waals surface area contributed by atoms with E-state index in [1.54, 1.807) is 0 Å². The van der Waals surface area contributed by atoms with Crippen LogP contribution in [0.25, 0.3) is 0 Å². The quantitative estimate of drug-likeness (QED) is 0.577. The minimum atomic E-state index is 0.808. The number of hydrogen-bond acceptors (Lipinski definition) is 3. The van der Waals surface area contributed by atoms with Crippen molar-refractivity contribution in [3.05, 3.63) is 24.5 Å². The molecule has 0 bridgehead atoms. The van der Waals surface area contributed by atoms with Crippen LogP contribution in [0.3, 0.4) is 0 Å². The number of nitrogens with one attached hydrogen (secondary N) is 1. The molecule has 78 valence electrons. The Balaban J connectivity index is 2.59. The van der Waals surface area contributed by atoms with Crippen LogP contribution in [0.5, 0.6) is 0 Å². The smallest absolute Gasteiger partial charge is 0.203 e. The summed E-state index contributed by atoms with van der Waals surface area (Å²) in [6, 6.07) is 0. The Bertz CT molecular complexity index is 294. The molecule has 0 saturated heterocycles. The van der Waals surface area contributed by atoms with Gasteiger partial charge < -0.3 is 9.88 Å². The molecular formula is C10H17N3S. The summed E-state index contributed by atoms with van der Waals surface area (Å²) in [4.78, 5) is 4.40. The van der Waals surface area contributed by atoms with E-state index in [-0.39, 0.29) is 0 Å². The Morgan fingerprint density at radius 1 is 1.71 bits per heavy atom. The molecule has 0 aromatic carbocycles. The zero-order valence-corrected chi connectivity index (χ0v) is 9.60. The Hall–Kier alpha value is -0.900. The molecule has 0 aliphatic carbocycles. The van der Waals surface area contributed by atoms with Gasteiger partial charge in [-0.25, -0.2) is 4.98 Å². The van der Waals surface area contributed by atoms with Gasteiger partial charge in [-0.3, -0.25) is 0 Å². The first-order chi connectivity index (χ1) is 6.77. The van der Waals surface area contributed by atoms with Crippen LogP contribution in [0.2, 0.25) is 0 Å². The van der Waals surface area contributed by atoms with E-state index in [9.17, 15) is 0 Å². The summed E-state index contributed by atoms with van der Waals surface area (Å²) in [5.41, 5.74) is 1.04. The Morgan fingerprint density at radius 3 is 3.14 bits per heavy atom. The maximum atomic E-state index is 4.40. The van der Waals surface area contributed by atoms with Gasteiger partial charge in [0.2, 0.25) is 5.95 Å². The van der Waals surface area contributed by atoms with Crippen LogP contribution in [-0.4, -0.2) is 28.1 Å². The minimum absolute atomic E-state index is 0.808. The Kier molecular flexibility index (Phi) is 4.59. The van der Waals surface area contributed by atoms with Gasteiger partial charge in [-0.05, 0) is 13.2 Å². The molecule has 1 heterocycles. The van der Waals surface area contributed by atoms with Gasteiger partial charge in [-0.15, -0.1) is 6.58 Å². The molecule has 3 nitrogen and oxygen atoms in total. The monoisotopic (exact) mass is 211 g/mol. The van der Waals surface area contributed by atoms with Crippen molar-refractivity contribution in [2.75, 3.05) is 23.9 Å². The van der Waals surface area contributed by atoms with Crippen LogP contribution in [-0.2, 0) is 6.54 Å². The Labute approximate surface area is 89.6 Å². The summed E-state index contributed by atoms with van der Waals surface area (Å²) in [5, 5.41) is 3.30. The molecule has 0 spiro atoms. The van der Waals surface area contributed by atoms with Gasteiger partial charge in [-0.1, -0.05) is 6.08 Å². The van der Waals surface area contributed by atoms with Crippen molar-refractivity contribution in [2.24, 2.45) is 0 Å². The lowest BCUT2D eigenvalue weighted by atomic mass is 10.5. The standard InChI is InChI=1S/C10H17N3S/c1-4-6-13-8-9(2)12-10(13)11-5-7-14-3/h4,8H,1,5-7H2,2-3H3,(H,11,12). The third-order valence-corrected chi connectivity index (χ3v) is 2.42. The number of aromatic nitrogens is 2. The third kappa shape index (κ3) is 3.10. The largest absolute Gasteiger partial charge is 0.355 e. The molecule has 0 saturated carbocycles. The van der Waals surface area contributed by atoms with E-state index in [0.29, 0.717) is 0 Å². The van der Waals surface area contributed by atoms with Gasteiger partial charge in [0.25, 0.3) is 0 Å². The van der Waals surface area contributed by atoms with Gasteiger partial charge in [-0.2, -0.15) is 11.8 Å². The van der Waals surface area contributed by atoms with Crippen LogP contribution in [0.4, 0.5) is 5.95 Å². The van der Waals surface area contributed by atoms with Crippen molar-refractivity contribution in [3.63, 3.8) is 0 Å². The highest BCUT2D eigenvalue weighted by Gasteiger charge is 2.02. The lowest BCUT2D eigenvalue weighted by molar-refractivity contribution is 0.823. The first kappa shape index (κ1) is 11.2. The first-order valence-electron chi connectivity index (χ1n) is 4.65. The topological polar surface area (TPSA) is 29.9 Å². The molecule has 1 N–H and O–H groups in total. The second-order valence-corrected chi connectivity index (χ2v) is 4.05. The number of hydrogen-bond donors (Lipinski definition) is 1.